The summed E-state index contributed by atoms with van der Waals surface area (Å²) >= 11 is 0. The van der Waals surface area contributed by atoms with E-state index in [9.17, 15) is 9.90 Å². The van der Waals surface area contributed by atoms with Gasteiger partial charge in [-0.05, 0) is 17.7 Å². The van der Waals surface area contributed by atoms with E-state index in [1.807, 2.05) is 24.3 Å². The fraction of sp³-hybridized carbons (Fsp3) is 0.125. The first kappa shape index (κ1) is 15.5. The van der Waals surface area contributed by atoms with Crippen molar-refractivity contribution in [1.29, 1.82) is 0 Å². The first-order valence-electron chi connectivity index (χ1n) is 7.12. The molecule has 1 aromatic carbocycles. The summed E-state index contributed by atoms with van der Waals surface area (Å²) in [5, 5.41) is 20.1. The van der Waals surface area contributed by atoms with Gasteiger partial charge in [-0.2, -0.15) is 10.2 Å². The van der Waals surface area contributed by atoms with Crippen molar-refractivity contribution in [2.24, 2.45) is 0 Å². The topological polar surface area (TPSA) is 106 Å². The first-order valence-corrected chi connectivity index (χ1v) is 7.12. The van der Waals surface area contributed by atoms with Gasteiger partial charge in [0, 0.05) is 12.3 Å². The minimum Gasteiger partial charge on any atom is -0.504 e. The van der Waals surface area contributed by atoms with Crippen LogP contribution in [-0.4, -0.2) is 43.0 Å². The van der Waals surface area contributed by atoms with Gasteiger partial charge >= 0.3 is 0 Å². The number of aliphatic hydroxyl groups is 1. The number of rotatable bonds is 6. The monoisotopic (exact) mass is 325 g/mol. The lowest BCUT2D eigenvalue weighted by molar-refractivity contribution is 0.104. The summed E-state index contributed by atoms with van der Waals surface area (Å²) in [6, 6.07) is 7.58. The predicted octanol–water partition coefficient (Wildman–Crippen LogP) is 1.84. The fourth-order valence-electron chi connectivity index (χ4n) is 2.10. The summed E-state index contributed by atoms with van der Waals surface area (Å²) in [4.78, 5) is 15.9. The first-order chi connectivity index (χ1) is 11.7. The molecule has 0 bridgehead atoms. The number of H-pyrrole nitrogens is 1. The number of carbonyl (C=O) groups is 1. The van der Waals surface area contributed by atoms with Gasteiger partial charge in [-0.25, -0.2) is 4.98 Å². The second-order valence-electron chi connectivity index (χ2n) is 4.99. The zero-order chi connectivity index (χ0) is 16.9. The lowest BCUT2D eigenvalue weighted by Gasteiger charge is -2.03. The van der Waals surface area contributed by atoms with E-state index in [2.05, 4.69) is 20.3 Å². The normalized spacial score (nSPS) is 11.5. The average Bonchev–Trinajstić information content (AvgIpc) is 3.27. The molecule has 2 heterocycles. The van der Waals surface area contributed by atoms with Crippen molar-refractivity contribution in [3.05, 3.63) is 66.0 Å². The summed E-state index contributed by atoms with van der Waals surface area (Å²) in [5.41, 5.74) is 1.39. The SMILES string of the molecule is COc1ccc(Cn2cc(C(=O)C=C(O)c3nc[nH]n3)cn2)cc1. The van der Waals surface area contributed by atoms with Crippen molar-refractivity contribution in [2.45, 2.75) is 6.54 Å². The van der Waals surface area contributed by atoms with Crippen LogP contribution in [0.4, 0.5) is 0 Å². The molecule has 0 atom stereocenters. The van der Waals surface area contributed by atoms with Crippen LogP contribution in [0.5, 0.6) is 5.75 Å². The summed E-state index contributed by atoms with van der Waals surface area (Å²) in [6.07, 6.45) is 5.45. The number of methoxy groups -OCH3 is 1. The van der Waals surface area contributed by atoms with Crippen LogP contribution in [0.3, 0.4) is 0 Å². The van der Waals surface area contributed by atoms with Crippen molar-refractivity contribution in [2.75, 3.05) is 7.11 Å². The Morgan fingerprint density at radius 1 is 1.38 bits per heavy atom. The van der Waals surface area contributed by atoms with Crippen LogP contribution in [-0.2, 0) is 6.54 Å². The highest BCUT2D eigenvalue weighted by molar-refractivity contribution is 6.07. The van der Waals surface area contributed by atoms with Gasteiger partial charge in [0.15, 0.2) is 11.5 Å². The largest absolute Gasteiger partial charge is 0.504 e. The van der Waals surface area contributed by atoms with E-state index in [0.29, 0.717) is 12.1 Å². The number of hydrogen-bond donors (Lipinski definition) is 2. The van der Waals surface area contributed by atoms with Crippen molar-refractivity contribution in [3.63, 3.8) is 0 Å². The highest BCUT2D eigenvalue weighted by Crippen LogP contribution is 2.13. The quantitative estimate of drug-likeness (QED) is 0.407. The number of aromatic amines is 1. The van der Waals surface area contributed by atoms with Gasteiger partial charge in [0.1, 0.15) is 12.1 Å². The van der Waals surface area contributed by atoms with E-state index in [1.54, 1.807) is 18.0 Å². The number of benzene rings is 1. The van der Waals surface area contributed by atoms with E-state index in [1.165, 1.54) is 12.5 Å². The molecule has 0 saturated heterocycles. The number of ether oxygens (including phenoxy) is 1. The molecule has 3 aromatic rings. The predicted molar refractivity (Wildman–Crippen MR) is 85.6 cm³/mol. The third-order valence-electron chi connectivity index (χ3n) is 3.33. The molecule has 2 N–H and O–H groups in total. The average molecular weight is 325 g/mol. The van der Waals surface area contributed by atoms with Crippen LogP contribution >= 0.6 is 0 Å². The van der Waals surface area contributed by atoms with Crippen molar-refractivity contribution >= 4 is 11.5 Å². The minimum absolute atomic E-state index is 0.0639. The summed E-state index contributed by atoms with van der Waals surface area (Å²) in [5.74, 6) is 0.166. The van der Waals surface area contributed by atoms with Crippen molar-refractivity contribution in [3.8, 4) is 5.75 Å². The van der Waals surface area contributed by atoms with Gasteiger partial charge in [-0.15, -0.1) is 0 Å². The second-order valence-corrected chi connectivity index (χ2v) is 4.99. The van der Waals surface area contributed by atoms with Gasteiger partial charge in [-0.3, -0.25) is 14.6 Å². The highest BCUT2D eigenvalue weighted by atomic mass is 16.5. The maximum Gasteiger partial charge on any atom is 0.215 e. The lowest BCUT2D eigenvalue weighted by atomic mass is 10.2. The Labute approximate surface area is 137 Å². The summed E-state index contributed by atoms with van der Waals surface area (Å²) in [6.45, 7) is 0.522. The Morgan fingerprint density at radius 3 is 2.83 bits per heavy atom. The summed E-state index contributed by atoms with van der Waals surface area (Å²) < 4.78 is 6.76. The molecule has 0 radical (unpaired) electrons. The molecule has 0 aliphatic heterocycles. The van der Waals surface area contributed by atoms with E-state index in [0.717, 1.165) is 17.4 Å². The fourth-order valence-corrected chi connectivity index (χ4v) is 2.10. The van der Waals surface area contributed by atoms with Crippen LogP contribution in [0.1, 0.15) is 21.7 Å². The second kappa shape index (κ2) is 6.78. The molecule has 0 unspecified atom stereocenters. The van der Waals surface area contributed by atoms with Crippen LogP contribution in [0, 0.1) is 0 Å². The van der Waals surface area contributed by atoms with E-state index < -0.39 is 0 Å². The molecule has 8 nitrogen and oxygen atoms in total. The van der Waals surface area contributed by atoms with Gasteiger partial charge in [-0.1, -0.05) is 12.1 Å². The maximum absolute atomic E-state index is 12.1. The number of hydrogen-bond acceptors (Lipinski definition) is 6. The lowest BCUT2D eigenvalue weighted by Crippen LogP contribution is -2.00. The number of nitrogens with one attached hydrogen (secondary N) is 1. The molecule has 3 rings (SSSR count). The van der Waals surface area contributed by atoms with E-state index in [-0.39, 0.29) is 17.4 Å². The molecule has 8 heteroatoms. The van der Waals surface area contributed by atoms with Crippen LogP contribution < -0.4 is 4.74 Å². The van der Waals surface area contributed by atoms with Crippen molar-refractivity contribution in [1.82, 2.24) is 25.0 Å². The molecular formula is C16H15N5O3. The zero-order valence-corrected chi connectivity index (χ0v) is 12.9. The Bertz CT molecular complexity index is 850. The van der Waals surface area contributed by atoms with Crippen molar-refractivity contribution < 1.29 is 14.6 Å². The minimum atomic E-state index is -0.377. The molecule has 24 heavy (non-hydrogen) atoms. The maximum atomic E-state index is 12.1. The molecule has 0 aliphatic rings. The molecule has 2 aromatic heterocycles. The molecule has 122 valence electrons. The molecule has 0 saturated carbocycles. The molecule has 0 amide bonds. The number of nitrogens with zero attached hydrogens (tertiary/aromatic N) is 4. The number of aromatic nitrogens is 5. The zero-order valence-electron chi connectivity index (χ0n) is 12.9. The number of aliphatic hydroxyl groups excluding tert-OH is 1. The third kappa shape index (κ3) is 3.49. The third-order valence-corrected chi connectivity index (χ3v) is 3.33. The highest BCUT2D eigenvalue weighted by Gasteiger charge is 2.11. The molecule has 0 fully saturated rings. The molecule has 0 spiro atoms. The van der Waals surface area contributed by atoms with Gasteiger partial charge in [0.25, 0.3) is 0 Å². The van der Waals surface area contributed by atoms with E-state index >= 15 is 0 Å². The molecular weight excluding hydrogens is 310 g/mol. The summed E-state index contributed by atoms with van der Waals surface area (Å²) in [7, 11) is 1.61. The molecule has 0 aliphatic carbocycles. The van der Waals surface area contributed by atoms with Gasteiger partial charge < -0.3 is 9.84 Å². The number of ketones is 1. The smallest absolute Gasteiger partial charge is 0.215 e. The number of carbonyl (C=O) groups excluding carboxylic acids is 1. The van der Waals surface area contributed by atoms with Crippen LogP contribution in [0.25, 0.3) is 5.76 Å². The number of allylic oxidation sites excluding steroid dienone is 1. The van der Waals surface area contributed by atoms with Gasteiger partial charge in [0.05, 0.1) is 25.4 Å². The van der Waals surface area contributed by atoms with Crippen LogP contribution in [0.15, 0.2) is 49.1 Å². The Balaban J connectivity index is 1.70. The Hall–Kier alpha value is -3.42. The standard InChI is InChI=1S/C16H15N5O3/c1-24-13-4-2-11(3-5-13)8-21-9-12(7-19-21)14(22)6-15(23)16-17-10-18-20-16/h2-7,9-10,23H,8H2,1H3,(H,17,18,20). The van der Waals surface area contributed by atoms with Gasteiger partial charge in [0.2, 0.25) is 5.82 Å². The van der Waals surface area contributed by atoms with Crippen LogP contribution in [0.2, 0.25) is 0 Å². The Morgan fingerprint density at radius 2 is 2.17 bits per heavy atom. The van der Waals surface area contributed by atoms with E-state index in [4.69, 9.17) is 4.74 Å². The Kier molecular flexibility index (Phi) is 4.37.